The molecule has 1 heterocycles. The van der Waals surface area contributed by atoms with E-state index in [4.69, 9.17) is 5.11 Å². The summed E-state index contributed by atoms with van der Waals surface area (Å²) < 4.78 is 15.9. The van der Waals surface area contributed by atoms with E-state index in [1.165, 1.54) is 30.4 Å². The van der Waals surface area contributed by atoms with Crippen LogP contribution in [0, 0.1) is 12.7 Å². The zero-order valence-corrected chi connectivity index (χ0v) is 12.2. The summed E-state index contributed by atoms with van der Waals surface area (Å²) in [6.45, 7) is 3.47. The second-order valence-electron chi connectivity index (χ2n) is 4.60. The number of carbonyl (C=O) groups is 1. The van der Waals surface area contributed by atoms with Crippen LogP contribution in [0.3, 0.4) is 0 Å². The predicted octanol–water partition coefficient (Wildman–Crippen LogP) is 2.95. The van der Waals surface area contributed by atoms with Crippen molar-refractivity contribution in [3.63, 3.8) is 0 Å². The van der Waals surface area contributed by atoms with Gasteiger partial charge in [-0.25, -0.2) is 9.38 Å². The van der Waals surface area contributed by atoms with Crippen LogP contribution >= 0.6 is 11.3 Å². The second-order valence-corrected chi connectivity index (χ2v) is 5.44. The van der Waals surface area contributed by atoms with Crippen molar-refractivity contribution in [2.24, 2.45) is 12.0 Å². The molecule has 0 aliphatic rings. The van der Waals surface area contributed by atoms with Gasteiger partial charge >= 0.3 is 5.97 Å². The van der Waals surface area contributed by atoms with Gasteiger partial charge < -0.3 is 9.67 Å². The number of rotatable bonds is 3. The lowest BCUT2D eigenvalue weighted by molar-refractivity contribution is -0.138. The van der Waals surface area contributed by atoms with Crippen molar-refractivity contribution in [3.05, 3.63) is 45.5 Å². The molecule has 4 nitrogen and oxygen atoms in total. The van der Waals surface area contributed by atoms with Gasteiger partial charge in [0.15, 0.2) is 4.80 Å². The van der Waals surface area contributed by atoms with E-state index in [9.17, 15) is 9.18 Å². The van der Waals surface area contributed by atoms with Gasteiger partial charge in [-0.2, -0.15) is 0 Å². The summed E-state index contributed by atoms with van der Waals surface area (Å²) in [6, 6.07) is 4.35. The van der Waals surface area contributed by atoms with Gasteiger partial charge in [-0.15, -0.1) is 11.3 Å². The molecular weight excluding hydrogens is 279 g/mol. The van der Waals surface area contributed by atoms with Crippen molar-refractivity contribution >= 4 is 23.0 Å². The van der Waals surface area contributed by atoms with Crippen LogP contribution in [0.5, 0.6) is 0 Å². The highest BCUT2D eigenvalue weighted by molar-refractivity contribution is 7.07. The molecule has 0 bridgehead atoms. The molecule has 2 rings (SSSR count). The third-order valence-electron chi connectivity index (χ3n) is 3.21. The number of halogens is 1. The van der Waals surface area contributed by atoms with Crippen LogP contribution in [0.25, 0.3) is 0 Å². The van der Waals surface area contributed by atoms with E-state index in [0.29, 0.717) is 10.4 Å². The fourth-order valence-electron chi connectivity index (χ4n) is 1.68. The van der Waals surface area contributed by atoms with E-state index in [-0.39, 0.29) is 5.69 Å². The molecule has 0 radical (unpaired) electrons. The Hall–Kier alpha value is -1.95. The molecule has 0 fully saturated rings. The standard InChI is InChI=1S/C14H15FN2O2S/c1-8-7-20-14(17(8)3)16-12-5-4-10(6-11(12)15)9(2)13(18)19/h4-7,9H,1-3H3,(H,18,19). The van der Waals surface area contributed by atoms with Crippen LogP contribution < -0.4 is 4.80 Å². The maximum absolute atomic E-state index is 14.0. The van der Waals surface area contributed by atoms with Crippen LogP contribution in [-0.4, -0.2) is 15.6 Å². The van der Waals surface area contributed by atoms with E-state index in [1.54, 1.807) is 6.07 Å². The Balaban J connectivity index is 2.43. The summed E-state index contributed by atoms with van der Waals surface area (Å²) in [4.78, 5) is 15.8. The Labute approximate surface area is 119 Å². The minimum Gasteiger partial charge on any atom is -0.481 e. The number of nitrogens with zero attached hydrogens (tertiary/aromatic N) is 2. The maximum Gasteiger partial charge on any atom is 0.310 e. The smallest absolute Gasteiger partial charge is 0.310 e. The number of aromatic nitrogens is 1. The highest BCUT2D eigenvalue weighted by atomic mass is 32.1. The molecule has 0 saturated heterocycles. The summed E-state index contributed by atoms with van der Waals surface area (Å²) in [7, 11) is 1.86. The SMILES string of the molecule is Cc1csc(=Nc2ccc(C(C)C(=O)O)cc2F)n1C. The number of carboxylic acids is 1. The van der Waals surface area contributed by atoms with Crippen molar-refractivity contribution < 1.29 is 14.3 Å². The highest BCUT2D eigenvalue weighted by Gasteiger charge is 2.15. The molecule has 1 aromatic heterocycles. The van der Waals surface area contributed by atoms with Gasteiger partial charge in [0.1, 0.15) is 11.5 Å². The van der Waals surface area contributed by atoms with Gasteiger partial charge in [0.2, 0.25) is 0 Å². The number of aryl methyl sites for hydroxylation is 1. The number of carboxylic acid groups (broad SMARTS) is 1. The minimum atomic E-state index is -0.977. The topological polar surface area (TPSA) is 54.6 Å². The van der Waals surface area contributed by atoms with Crippen LogP contribution in [0.2, 0.25) is 0 Å². The summed E-state index contributed by atoms with van der Waals surface area (Å²) in [5.41, 5.74) is 1.69. The molecule has 1 atom stereocenters. The fraction of sp³-hybridized carbons (Fsp3) is 0.286. The van der Waals surface area contributed by atoms with E-state index in [2.05, 4.69) is 4.99 Å². The number of thiazole rings is 1. The van der Waals surface area contributed by atoms with E-state index in [0.717, 1.165) is 5.69 Å². The van der Waals surface area contributed by atoms with Crippen LogP contribution in [0.4, 0.5) is 10.1 Å². The number of hydrogen-bond acceptors (Lipinski definition) is 3. The normalized spacial score (nSPS) is 13.5. The van der Waals surface area contributed by atoms with Gasteiger partial charge in [-0.05, 0) is 31.5 Å². The third kappa shape index (κ3) is 2.80. The van der Waals surface area contributed by atoms with Crippen molar-refractivity contribution in [2.45, 2.75) is 19.8 Å². The summed E-state index contributed by atoms with van der Waals surface area (Å²) >= 11 is 1.43. The fourth-order valence-corrected chi connectivity index (χ4v) is 2.56. The van der Waals surface area contributed by atoms with Crippen LogP contribution in [0.15, 0.2) is 28.6 Å². The minimum absolute atomic E-state index is 0.212. The maximum atomic E-state index is 14.0. The van der Waals surface area contributed by atoms with E-state index >= 15 is 0 Å². The Kier molecular flexibility index (Phi) is 4.04. The number of benzene rings is 1. The summed E-state index contributed by atoms with van der Waals surface area (Å²) in [6.07, 6.45) is 0. The first-order chi connectivity index (χ1) is 9.40. The predicted molar refractivity (Wildman–Crippen MR) is 75.7 cm³/mol. The summed E-state index contributed by atoms with van der Waals surface area (Å²) in [5.74, 6) is -2.23. The van der Waals surface area contributed by atoms with Gasteiger partial charge in [0.25, 0.3) is 0 Å². The second kappa shape index (κ2) is 5.58. The zero-order chi connectivity index (χ0) is 14.9. The average Bonchev–Trinajstić information content (AvgIpc) is 2.72. The molecule has 106 valence electrons. The highest BCUT2D eigenvalue weighted by Crippen LogP contribution is 2.23. The van der Waals surface area contributed by atoms with Crippen LogP contribution in [-0.2, 0) is 11.8 Å². The molecule has 2 aromatic rings. The lowest BCUT2D eigenvalue weighted by atomic mass is 10.0. The Bertz CT molecular complexity index is 718. The Morgan fingerprint density at radius 3 is 2.70 bits per heavy atom. The first-order valence-corrected chi connectivity index (χ1v) is 6.96. The van der Waals surface area contributed by atoms with Crippen molar-refractivity contribution in [3.8, 4) is 0 Å². The Morgan fingerprint density at radius 1 is 1.50 bits per heavy atom. The molecule has 0 aliphatic carbocycles. The van der Waals surface area contributed by atoms with E-state index in [1.807, 2.05) is 23.9 Å². The molecule has 20 heavy (non-hydrogen) atoms. The molecule has 0 saturated carbocycles. The lowest BCUT2D eigenvalue weighted by Crippen LogP contribution is -2.11. The summed E-state index contributed by atoms with van der Waals surface area (Å²) in [5, 5.41) is 10.9. The zero-order valence-electron chi connectivity index (χ0n) is 11.4. The Morgan fingerprint density at radius 2 is 2.20 bits per heavy atom. The number of hydrogen-bond donors (Lipinski definition) is 1. The molecule has 0 spiro atoms. The van der Waals surface area contributed by atoms with Crippen LogP contribution in [0.1, 0.15) is 24.1 Å². The molecule has 0 aliphatic heterocycles. The van der Waals surface area contributed by atoms with Crippen molar-refractivity contribution in [1.29, 1.82) is 0 Å². The molecule has 1 aromatic carbocycles. The third-order valence-corrected chi connectivity index (χ3v) is 4.24. The quantitative estimate of drug-likeness (QED) is 0.946. The first kappa shape index (κ1) is 14.5. The molecular formula is C14H15FN2O2S. The van der Waals surface area contributed by atoms with Gasteiger partial charge in [-0.1, -0.05) is 6.07 Å². The van der Waals surface area contributed by atoms with E-state index < -0.39 is 17.7 Å². The van der Waals surface area contributed by atoms with Crippen molar-refractivity contribution in [1.82, 2.24) is 4.57 Å². The molecule has 0 amide bonds. The largest absolute Gasteiger partial charge is 0.481 e. The van der Waals surface area contributed by atoms with Gasteiger partial charge in [-0.3, -0.25) is 4.79 Å². The molecule has 1 N–H and O–H groups in total. The van der Waals surface area contributed by atoms with Gasteiger partial charge in [0.05, 0.1) is 5.92 Å². The van der Waals surface area contributed by atoms with Crippen molar-refractivity contribution in [2.75, 3.05) is 0 Å². The molecule has 6 heteroatoms. The average molecular weight is 294 g/mol. The molecule has 1 unspecified atom stereocenters. The first-order valence-electron chi connectivity index (χ1n) is 6.08. The number of aliphatic carboxylic acids is 1. The monoisotopic (exact) mass is 294 g/mol. The lowest BCUT2D eigenvalue weighted by Gasteiger charge is -2.07. The van der Waals surface area contributed by atoms with Gasteiger partial charge in [0, 0.05) is 18.1 Å².